The van der Waals surface area contributed by atoms with Crippen LogP contribution in [0.1, 0.15) is 46.0 Å². The van der Waals surface area contributed by atoms with Gasteiger partial charge in [0.05, 0.1) is 19.4 Å². The molecule has 0 aromatic carbocycles. The molecule has 1 heterocycles. The number of carbonyl (C=O) groups is 5. The third-order valence-electron chi connectivity index (χ3n) is 3.63. The molecule has 0 spiro atoms. The van der Waals surface area contributed by atoms with E-state index in [1.54, 1.807) is 0 Å². The predicted octanol–water partition coefficient (Wildman–Crippen LogP) is 0.308. The first-order chi connectivity index (χ1) is 12.8. The van der Waals surface area contributed by atoms with Crippen molar-refractivity contribution >= 4 is 40.6 Å². The van der Waals surface area contributed by atoms with Gasteiger partial charge in [0.1, 0.15) is 0 Å². The van der Waals surface area contributed by atoms with E-state index in [1.807, 2.05) is 6.92 Å². The van der Waals surface area contributed by atoms with Crippen molar-refractivity contribution in [2.75, 3.05) is 25.4 Å². The molecular weight excluding hydrogens is 376 g/mol. The zero-order valence-corrected chi connectivity index (χ0v) is 16.4. The number of nitrogens with one attached hydrogen (secondary N) is 2. The standard InChI is InChI=1S/C17H26N2O7S/c1-3-9-25-14(22)11-17(2)16(24)19-7-6-12(20)18-8-10-27-15(23)5-4-13(21)26-17/h3-11H2,1-2H3,(H,18,20)(H,19,24)/t17-/m1/s1. The van der Waals surface area contributed by atoms with Gasteiger partial charge in [-0.05, 0) is 13.3 Å². The van der Waals surface area contributed by atoms with Crippen LogP contribution in [-0.2, 0) is 33.4 Å². The summed E-state index contributed by atoms with van der Waals surface area (Å²) >= 11 is 1.01. The van der Waals surface area contributed by atoms with Gasteiger partial charge in [-0.1, -0.05) is 18.7 Å². The molecule has 0 radical (unpaired) electrons. The van der Waals surface area contributed by atoms with Crippen molar-refractivity contribution in [3.8, 4) is 0 Å². The van der Waals surface area contributed by atoms with Crippen LogP contribution in [0.3, 0.4) is 0 Å². The van der Waals surface area contributed by atoms with Gasteiger partial charge in [-0.15, -0.1) is 0 Å². The Hall–Kier alpha value is -2.10. The van der Waals surface area contributed by atoms with E-state index in [4.69, 9.17) is 9.47 Å². The van der Waals surface area contributed by atoms with Crippen molar-refractivity contribution in [2.45, 2.75) is 51.6 Å². The second kappa shape index (κ2) is 11.6. The van der Waals surface area contributed by atoms with Crippen molar-refractivity contribution < 1.29 is 33.4 Å². The first-order valence-electron chi connectivity index (χ1n) is 8.85. The lowest BCUT2D eigenvalue weighted by molar-refractivity contribution is -0.172. The molecule has 1 saturated heterocycles. The van der Waals surface area contributed by atoms with E-state index in [0.717, 1.165) is 11.8 Å². The Morgan fingerprint density at radius 2 is 1.89 bits per heavy atom. The van der Waals surface area contributed by atoms with E-state index in [2.05, 4.69) is 10.6 Å². The lowest BCUT2D eigenvalue weighted by Gasteiger charge is -2.27. The Balaban J connectivity index is 2.87. The lowest BCUT2D eigenvalue weighted by Crippen LogP contribution is -2.50. The zero-order chi connectivity index (χ0) is 20.3. The summed E-state index contributed by atoms with van der Waals surface area (Å²) in [5.74, 6) is -2.02. The van der Waals surface area contributed by atoms with Crippen LogP contribution >= 0.6 is 11.8 Å². The van der Waals surface area contributed by atoms with Gasteiger partial charge in [0.15, 0.2) is 10.7 Å². The summed E-state index contributed by atoms with van der Waals surface area (Å²) in [6, 6.07) is 0. The predicted molar refractivity (Wildman–Crippen MR) is 97.7 cm³/mol. The molecule has 1 atom stereocenters. The van der Waals surface area contributed by atoms with Crippen molar-refractivity contribution in [3.05, 3.63) is 0 Å². The first-order valence-corrected chi connectivity index (χ1v) is 9.83. The minimum Gasteiger partial charge on any atom is -0.466 e. The van der Waals surface area contributed by atoms with E-state index in [-0.39, 0.29) is 43.4 Å². The van der Waals surface area contributed by atoms with Gasteiger partial charge in [0.25, 0.3) is 5.91 Å². The van der Waals surface area contributed by atoms with Crippen LogP contribution in [0.5, 0.6) is 0 Å². The van der Waals surface area contributed by atoms with Gasteiger partial charge in [-0.25, -0.2) is 0 Å². The van der Waals surface area contributed by atoms with Crippen LogP contribution < -0.4 is 10.6 Å². The number of amides is 2. The molecule has 27 heavy (non-hydrogen) atoms. The topological polar surface area (TPSA) is 128 Å². The molecule has 10 heteroatoms. The molecule has 1 rings (SSSR count). The van der Waals surface area contributed by atoms with Crippen LogP contribution in [0.4, 0.5) is 0 Å². The summed E-state index contributed by atoms with van der Waals surface area (Å²) in [6.07, 6.45) is -0.0854. The molecule has 0 saturated carbocycles. The van der Waals surface area contributed by atoms with Crippen molar-refractivity contribution in [2.24, 2.45) is 0 Å². The largest absolute Gasteiger partial charge is 0.466 e. The van der Waals surface area contributed by atoms with Crippen molar-refractivity contribution in [1.29, 1.82) is 0 Å². The van der Waals surface area contributed by atoms with E-state index in [0.29, 0.717) is 18.7 Å². The van der Waals surface area contributed by atoms with Gasteiger partial charge >= 0.3 is 11.9 Å². The highest BCUT2D eigenvalue weighted by molar-refractivity contribution is 8.13. The van der Waals surface area contributed by atoms with Crippen LogP contribution in [0, 0.1) is 0 Å². The highest BCUT2D eigenvalue weighted by Gasteiger charge is 2.40. The molecule has 9 nitrogen and oxygen atoms in total. The molecule has 0 aromatic rings. The summed E-state index contributed by atoms with van der Waals surface area (Å²) in [7, 11) is 0. The fourth-order valence-electron chi connectivity index (χ4n) is 2.20. The normalized spacial score (nSPS) is 23.3. The van der Waals surface area contributed by atoms with Crippen LogP contribution in [0.25, 0.3) is 0 Å². The maximum Gasteiger partial charge on any atom is 0.310 e. The van der Waals surface area contributed by atoms with Gasteiger partial charge in [-0.3, -0.25) is 24.0 Å². The molecule has 152 valence electrons. The SMILES string of the molecule is CCCOC(=O)C[C@@]1(C)OC(=O)CCC(=O)SCCNC(=O)CCNC1=O. The molecular formula is C17H26N2O7S. The highest BCUT2D eigenvalue weighted by Crippen LogP contribution is 2.19. The number of rotatable bonds is 4. The Kier molecular flexibility index (Phi) is 9.84. The minimum atomic E-state index is -1.78. The van der Waals surface area contributed by atoms with E-state index in [9.17, 15) is 24.0 Å². The average molecular weight is 402 g/mol. The van der Waals surface area contributed by atoms with E-state index < -0.39 is 29.9 Å². The fourth-order valence-corrected chi connectivity index (χ4v) is 2.88. The van der Waals surface area contributed by atoms with Crippen LogP contribution in [-0.4, -0.2) is 59.9 Å². The van der Waals surface area contributed by atoms with Gasteiger partial charge < -0.3 is 20.1 Å². The number of ether oxygens (including phenoxy) is 2. The number of cyclic esters (lactones) is 1. The third-order valence-corrected chi connectivity index (χ3v) is 4.56. The molecule has 1 fully saturated rings. The van der Waals surface area contributed by atoms with E-state index in [1.165, 1.54) is 6.92 Å². The van der Waals surface area contributed by atoms with Gasteiger partial charge in [0.2, 0.25) is 5.91 Å². The smallest absolute Gasteiger partial charge is 0.310 e. The van der Waals surface area contributed by atoms with Crippen LogP contribution in [0.2, 0.25) is 0 Å². The zero-order valence-electron chi connectivity index (χ0n) is 15.6. The molecule has 1 aliphatic rings. The maximum absolute atomic E-state index is 12.5. The number of carbonyl (C=O) groups excluding carboxylic acids is 5. The fraction of sp³-hybridized carbons (Fsp3) is 0.706. The number of hydrogen-bond donors (Lipinski definition) is 2. The molecule has 0 aromatic heterocycles. The maximum atomic E-state index is 12.5. The quantitative estimate of drug-likeness (QED) is 0.643. The minimum absolute atomic E-state index is 0.0217. The Morgan fingerprint density at radius 1 is 1.15 bits per heavy atom. The summed E-state index contributed by atoms with van der Waals surface area (Å²) in [5, 5.41) is 4.93. The monoisotopic (exact) mass is 402 g/mol. The summed E-state index contributed by atoms with van der Waals surface area (Å²) < 4.78 is 10.2. The van der Waals surface area contributed by atoms with E-state index >= 15 is 0 Å². The number of thioether (sulfide) groups is 1. The third kappa shape index (κ3) is 8.89. The molecule has 0 aliphatic carbocycles. The molecule has 2 N–H and O–H groups in total. The molecule has 2 amide bonds. The Labute approximate surface area is 162 Å². The Morgan fingerprint density at radius 3 is 2.59 bits per heavy atom. The number of esters is 2. The lowest BCUT2D eigenvalue weighted by atomic mass is 10.0. The molecule has 0 unspecified atom stereocenters. The van der Waals surface area contributed by atoms with Crippen molar-refractivity contribution in [3.63, 3.8) is 0 Å². The highest BCUT2D eigenvalue weighted by atomic mass is 32.2. The number of hydrogen-bond acceptors (Lipinski definition) is 8. The van der Waals surface area contributed by atoms with Gasteiger partial charge in [-0.2, -0.15) is 0 Å². The second-order valence-electron chi connectivity index (χ2n) is 6.18. The summed E-state index contributed by atoms with van der Waals surface area (Å²) in [6.45, 7) is 3.66. The van der Waals surface area contributed by atoms with Crippen LogP contribution in [0.15, 0.2) is 0 Å². The summed E-state index contributed by atoms with van der Waals surface area (Å²) in [4.78, 5) is 60.0. The first kappa shape index (κ1) is 22.9. The Bertz CT molecular complexity index is 582. The molecule has 0 bridgehead atoms. The summed E-state index contributed by atoms with van der Waals surface area (Å²) in [5.41, 5.74) is -1.78. The van der Waals surface area contributed by atoms with Gasteiger partial charge in [0, 0.05) is 31.7 Å². The molecule has 1 aliphatic heterocycles. The average Bonchev–Trinajstić information content (AvgIpc) is 2.61. The second-order valence-corrected chi connectivity index (χ2v) is 7.33. The van der Waals surface area contributed by atoms with Crippen molar-refractivity contribution in [1.82, 2.24) is 10.6 Å².